The topological polar surface area (TPSA) is 56.3 Å². The van der Waals surface area contributed by atoms with E-state index in [1.807, 2.05) is 30.3 Å². The quantitative estimate of drug-likeness (QED) is 0.421. The predicted molar refractivity (Wildman–Crippen MR) is 85.8 cm³/mol. The average Bonchev–Trinajstić information content (AvgIpc) is 2.56. The van der Waals surface area contributed by atoms with Gasteiger partial charge in [0.1, 0.15) is 5.69 Å². The molecule has 0 amide bonds. The molecule has 0 N–H and O–H groups in total. The molecule has 0 aliphatic carbocycles. The first-order chi connectivity index (χ1) is 10.7. The Morgan fingerprint density at radius 2 is 1.68 bits per heavy atom. The van der Waals surface area contributed by atoms with Gasteiger partial charge >= 0.3 is 5.97 Å². The van der Waals surface area contributed by atoms with Crippen LogP contribution < -0.4 is 0 Å². The van der Waals surface area contributed by atoms with Gasteiger partial charge in [-0.1, -0.05) is 37.1 Å². The van der Waals surface area contributed by atoms with Gasteiger partial charge in [-0.3, -0.25) is 9.59 Å². The highest BCUT2D eigenvalue weighted by molar-refractivity contribution is 5.96. The molecule has 0 aliphatic heterocycles. The Morgan fingerprint density at radius 1 is 0.955 bits per heavy atom. The maximum Gasteiger partial charge on any atom is 0.305 e. The molecule has 4 heteroatoms. The van der Waals surface area contributed by atoms with Crippen molar-refractivity contribution in [2.75, 3.05) is 7.11 Å². The minimum atomic E-state index is -0.170. The maximum absolute atomic E-state index is 12.1. The number of fused-ring (bicyclic) bond motifs is 1. The molecule has 0 saturated carbocycles. The number of methoxy groups -OCH3 is 1. The normalized spacial score (nSPS) is 10.6. The largest absolute Gasteiger partial charge is 0.469 e. The lowest BCUT2D eigenvalue weighted by Crippen LogP contribution is -2.02. The monoisotopic (exact) mass is 299 g/mol. The number of pyridine rings is 1. The number of aromatic nitrogens is 1. The van der Waals surface area contributed by atoms with Crippen LogP contribution in [0.1, 0.15) is 49.0 Å². The van der Waals surface area contributed by atoms with Crippen molar-refractivity contribution in [3.05, 3.63) is 42.1 Å². The van der Waals surface area contributed by atoms with Gasteiger partial charge in [0.2, 0.25) is 0 Å². The fourth-order valence-corrected chi connectivity index (χ4v) is 2.36. The third-order valence-corrected chi connectivity index (χ3v) is 3.65. The lowest BCUT2D eigenvalue weighted by molar-refractivity contribution is -0.140. The van der Waals surface area contributed by atoms with Crippen LogP contribution in [0.15, 0.2) is 36.4 Å². The van der Waals surface area contributed by atoms with E-state index in [0.717, 1.165) is 36.6 Å². The summed E-state index contributed by atoms with van der Waals surface area (Å²) in [5.74, 6) is -0.0878. The molecule has 0 spiro atoms. The van der Waals surface area contributed by atoms with E-state index in [1.165, 1.54) is 7.11 Å². The van der Waals surface area contributed by atoms with E-state index in [0.29, 0.717) is 18.5 Å². The van der Waals surface area contributed by atoms with Crippen LogP contribution >= 0.6 is 0 Å². The third kappa shape index (κ3) is 4.65. The van der Waals surface area contributed by atoms with Gasteiger partial charge in [-0.2, -0.15) is 0 Å². The molecule has 1 aromatic carbocycles. The van der Waals surface area contributed by atoms with Crippen molar-refractivity contribution in [1.82, 2.24) is 4.98 Å². The van der Waals surface area contributed by atoms with E-state index in [-0.39, 0.29) is 11.8 Å². The number of rotatable bonds is 8. The summed E-state index contributed by atoms with van der Waals surface area (Å²) in [4.78, 5) is 27.5. The number of carbonyl (C=O) groups excluding carboxylic acids is 2. The van der Waals surface area contributed by atoms with Gasteiger partial charge in [0, 0.05) is 18.2 Å². The molecule has 116 valence electrons. The van der Waals surface area contributed by atoms with Crippen molar-refractivity contribution >= 4 is 22.7 Å². The molecule has 0 saturated heterocycles. The summed E-state index contributed by atoms with van der Waals surface area (Å²) < 4.78 is 4.59. The summed E-state index contributed by atoms with van der Waals surface area (Å²) in [7, 11) is 1.40. The SMILES string of the molecule is COC(=O)CCCCCCC(=O)c1ccc2ccccc2n1. The van der Waals surface area contributed by atoms with E-state index in [1.54, 1.807) is 6.07 Å². The van der Waals surface area contributed by atoms with Crippen LogP contribution in [0.3, 0.4) is 0 Å². The van der Waals surface area contributed by atoms with Gasteiger partial charge in [0.05, 0.1) is 12.6 Å². The standard InChI is InChI=1S/C18H21NO3/c1-22-18(21)11-5-3-2-4-10-17(20)16-13-12-14-8-6-7-9-15(14)19-16/h6-9,12-13H,2-5,10-11H2,1H3. The summed E-state index contributed by atoms with van der Waals surface area (Å²) in [6.07, 6.45) is 4.48. The lowest BCUT2D eigenvalue weighted by atomic mass is 10.1. The van der Waals surface area contributed by atoms with Crippen molar-refractivity contribution in [3.63, 3.8) is 0 Å². The Bertz CT molecular complexity index is 652. The Kier molecular flexibility index (Phi) is 6.07. The number of unbranched alkanes of at least 4 members (excludes halogenated alkanes) is 3. The van der Waals surface area contributed by atoms with Crippen LogP contribution in [-0.4, -0.2) is 23.8 Å². The van der Waals surface area contributed by atoms with E-state index in [9.17, 15) is 9.59 Å². The first-order valence-corrected chi connectivity index (χ1v) is 7.66. The minimum Gasteiger partial charge on any atom is -0.469 e. The second-order valence-corrected chi connectivity index (χ2v) is 5.30. The Hall–Kier alpha value is -2.23. The van der Waals surface area contributed by atoms with Gasteiger partial charge in [-0.25, -0.2) is 4.98 Å². The molecule has 2 rings (SSSR count). The van der Waals surface area contributed by atoms with Gasteiger partial charge in [0.25, 0.3) is 0 Å². The number of ether oxygens (including phenoxy) is 1. The number of carbonyl (C=O) groups is 2. The molecule has 0 aliphatic rings. The fourth-order valence-electron chi connectivity index (χ4n) is 2.36. The number of hydrogen-bond acceptors (Lipinski definition) is 4. The Labute approximate surface area is 130 Å². The van der Waals surface area contributed by atoms with Gasteiger partial charge in [-0.15, -0.1) is 0 Å². The third-order valence-electron chi connectivity index (χ3n) is 3.65. The first kappa shape index (κ1) is 16.1. The van der Waals surface area contributed by atoms with Gasteiger partial charge < -0.3 is 4.74 Å². The Balaban J connectivity index is 1.75. The zero-order valence-corrected chi connectivity index (χ0v) is 12.9. The van der Waals surface area contributed by atoms with Crippen molar-refractivity contribution in [1.29, 1.82) is 0 Å². The minimum absolute atomic E-state index is 0.0821. The van der Waals surface area contributed by atoms with E-state index in [2.05, 4.69) is 9.72 Å². The molecule has 4 nitrogen and oxygen atoms in total. The Morgan fingerprint density at radius 3 is 2.45 bits per heavy atom. The fraction of sp³-hybridized carbons (Fsp3) is 0.389. The predicted octanol–water partition coefficient (Wildman–Crippen LogP) is 3.93. The van der Waals surface area contributed by atoms with E-state index < -0.39 is 0 Å². The van der Waals surface area contributed by atoms with Crippen molar-refractivity contribution in [3.8, 4) is 0 Å². The molecule has 0 atom stereocenters. The number of ketones is 1. The molecule has 22 heavy (non-hydrogen) atoms. The highest BCUT2D eigenvalue weighted by Gasteiger charge is 2.08. The summed E-state index contributed by atoms with van der Waals surface area (Å²) in [5, 5.41) is 1.04. The van der Waals surface area contributed by atoms with Crippen molar-refractivity contribution in [2.24, 2.45) is 0 Å². The van der Waals surface area contributed by atoms with Crippen LogP contribution in [0, 0.1) is 0 Å². The average molecular weight is 299 g/mol. The molecule has 1 heterocycles. The number of nitrogens with zero attached hydrogens (tertiary/aromatic N) is 1. The van der Waals surface area contributed by atoms with Gasteiger partial charge in [0.15, 0.2) is 5.78 Å². The number of para-hydroxylation sites is 1. The van der Waals surface area contributed by atoms with Crippen LogP contribution in [0.4, 0.5) is 0 Å². The molecule has 0 radical (unpaired) electrons. The van der Waals surface area contributed by atoms with Gasteiger partial charge in [-0.05, 0) is 25.0 Å². The molecular weight excluding hydrogens is 278 g/mol. The second kappa shape index (κ2) is 8.27. The highest BCUT2D eigenvalue weighted by atomic mass is 16.5. The maximum atomic E-state index is 12.1. The second-order valence-electron chi connectivity index (χ2n) is 5.30. The first-order valence-electron chi connectivity index (χ1n) is 7.66. The molecule has 0 fully saturated rings. The summed E-state index contributed by atoms with van der Waals surface area (Å²) in [6.45, 7) is 0. The molecule has 0 bridgehead atoms. The summed E-state index contributed by atoms with van der Waals surface area (Å²) in [5.41, 5.74) is 1.39. The highest BCUT2D eigenvalue weighted by Crippen LogP contribution is 2.14. The smallest absolute Gasteiger partial charge is 0.305 e. The van der Waals surface area contributed by atoms with Crippen LogP contribution in [-0.2, 0) is 9.53 Å². The van der Waals surface area contributed by atoms with Crippen LogP contribution in [0.25, 0.3) is 10.9 Å². The number of esters is 1. The zero-order chi connectivity index (χ0) is 15.8. The number of benzene rings is 1. The molecule has 1 aromatic heterocycles. The van der Waals surface area contributed by atoms with E-state index in [4.69, 9.17) is 0 Å². The lowest BCUT2D eigenvalue weighted by Gasteiger charge is -2.03. The summed E-state index contributed by atoms with van der Waals surface area (Å²) in [6, 6.07) is 11.5. The zero-order valence-electron chi connectivity index (χ0n) is 12.9. The number of hydrogen-bond donors (Lipinski definition) is 0. The van der Waals surface area contributed by atoms with Crippen molar-refractivity contribution < 1.29 is 14.3 Å². The van der Waals surface area contributed by atoms with Crippen molar-refractivity contribution in [2.45, 2.75) is 38.5 Å². The van der Waals surface area contributed by atoms with Crippen LogP contribution in [0.2, 0.25) is 0 Å². The summed E-state index contributed by atoms with van der Waals surface area (Å²) >= 11 is 0. The van der Waals surface area contributed by atoms with E-state index >= 15 is 0 Å². The molecule has 2 aromatic rings. The molecule has 0 unspecified atom stereocenters. The van der Waals surface area contributed by atoms with Crippen LogP contribution in [0.5, 0.6) is 0 Å². The molecular formula is C18H21NO3. The number of Topliss-reactive ketones (excluding diaryl/α,β-unsaturated/α-hetero) is 1.